The van der Waals surface area contributed by atoms with Crippen LogP contribution >= 0.6 is 0 Å². The summed E-state index contributed by atoms with van der Waals surface area (Å²) in [5.74, 6) is -0.139. The number of rotatable bonds is 3. The van der Waals surface area contributed by atoms with Crippen LogP contribution in [0.25, 0.3) is 0 Å². The van der Waals surface area contributed by atoms with Crippen molar-refractivity contribution < 1.29 is 9.53 Å². The van der Waals surface area contributed by atoms with Crippen molar-refractivity contribution >= 4 is 5.91 Å². The van der Waals surface area contributed by atoms with E-state index in [1.54, 1.807) is 24.1 Å². The minimum Gasteiger partial charge on any atom is -0.381 e. The molecule has 20 heavy (non-hydrogen) atoms. The highest BCUT2D eigenvalue weighted by Gasteiger charge is 2.31. The van der Waals surface area contributed by atoms with E-state index in [-0.39, 0.29) is 18.1 Å². The molecule has 0 spiro atoms. The van der Waals surface area contributed by atoms with Crippen LogP contribution in [0.5, 0.6) is 0 Å². The Bertz CT molecular complexity index is 509. The first-order chi connectivity index (χ1) is 9.69. The second-order valence-electron chi connectivity index (χ2n) is 4.81. The minimum atomic E-state index is -0.139. The molecule has 0 aliphatic carbocycles. The third-order valence-corrected chi connectivity index (χ3v) is 3.65. The van der Waals surface area contributed by atoms with Crippen LogP contribution in [-0.2, 0) is 4.74 Å². The van der Waals surface area contributed by atoms with Crippen LogP contribution in [-0.4, -0.2) is 48.1 Å². The molecular weight excluding hydrogens is 256 g/mol. The summed E-state index contributed by atoms with van der Waals surface area (Å²) in [5.41, 5.74) is 6.54. The van der Waals surface area contributed by atoms with Crippen molar-refractivity contribution in [3.05, 3.63) is 29.6 Å². The van der Waals surface area contributed by atoms with E-state index in [1.807, 2.05) is 6.07 Å². The van der Waals surface area contributed by atoms with E-state index in [2.05, 4.69) is 4.98 Å². The van der Waals surface area contributed by atoms with Crippen LogP contribution in [0.2, 0.25) is 0 Å². The molecule has 1 saturated heterocycles. The number of hydrogen-bond acceptors (Lipinski definition) is 5. The summed E-state index contributed by atoms with van der Waals surface area (Å²) in [6, 6.07) is 5.13. The molecule has 2 rings (SSSR count). The van der Waals surface area contributed by atoms with Gasteiger partial charge in [0.2, 0.25) is 0 Å². The smallest absolute Gasteiger partial charge is 0.272 e. The van der Waals surface area contributed by atoms with E-state index in [1.165, 1.54) is 6.20 Å². The van der Waals surface area contributed by atoms with Crippen molar-refractivity contribution in [2.75, 3.05) is 20.2 Å². The second kappa shape index (κ2) is 6.46. The number of ether oxygens (including phenoxy) is 1. The highest BCUT2D eigenvalue weighted by atomic mass is 16.5. The Morgan fingerprint density at radius 1 is 1.65 bits per heavy atom. The number of methoxy groups -OCH3 is 1. The van der Waals surface area contributed by atoms with Crippen LogP contribution in [0.15, 0.2) is 18.3 Å². The van der Waals surface area contributed by atoms with E-state index < -0.39 is 0 Å². The summed E-state index contributed by atoms with van der Waals surface area (Å²) in [6.45, 7) is 1.02. The highest BCUT2D eigenvalue weighted by molar-refractivity contribution is 5.92. The number of piperidine rings is 1. The maximum Gasteiger partial charge on any atom is 0.272 e. The fourth-order valence-electron chi connectivity index (χ4n) is 2.45. The van der Waals surface area contributed by atoms with E-state index in [4.69, 9.17) is 15.7 Å². The molecule has 1 amide bonds. The van der Waals surface area contributed by atoms with Gasteiger partial charge in [-0.05, 0) is 25.0 Å². The highest BCUT2D eigenvalue weighted by Crippen LogP contribution is 2.20. The number of hydrogen-bond donors (Lipinski definition) is 1. The molecule has 1 aromatic rings. The maximum absolute atomic E-state index is 12.4. The summed E-state index contributed by atoms with van der Waals surface area (Å²) >= 11 is 0. The Balaban J connectivity index is 2.13. The molecule has 2 heterocycles. The fourth-order valence-corrected chi connectivity index (χ4v) is 2.45. The van der Waals surface area contributed by atoms with Gasteiger partial charge < -0.3 is 15.4 Å². The first-order valence-electron chi connectivity index (χ1n) is 6.59. The van der Waals surface area contributed by atoms with Gasteiger partial charge >= 0.3 is 0 Å². The lowest BCUT2D eigenvalue weighted by Crippen LogP contribution is -2.51. The van der Waals surface area contributed by atoms with Gasteiger partial charge in [0.05, 0.1) is 11.7 Å². The number of pyridine rings is 1. The average Bonchev–Trinajstić information content (AvgIpc) is 2.53. The molecule has 0 radical (unpaired) electrons. The quantitative estimate of drug-likeness (QED) is 0.868. The Kier molecular flexibility index (Phi) is 4.66. The van der Waals surface area contributed by atoms with Crippen molar-refractivity contribution in [1.29, 1.82) is 5.26 Å². The predicted octanol–water partition coefficient (Wildman–Crippen LogP) is 0.532. The molecule has 2 N–H and O–H groups in total. The summed E-state index contributed by atoms with van der Waals surface area (Å²) in [7, 11) is 1.68. The van der Waals surface area contributed by atoms with Crippen molar-refractivity contribution in [2.24, 2.45) is 5.73 Å². The number of aromatic nitrogens is 1. The zero-order valence-electron chi connectivity index (χ0n) is 11.5. The van der Waals surface area contributed by atoms with E-state index in [0.29, 0.717) is 24.3 Å². The Morgan fingerprint density at radius 2 is 2.45 bits per heavy atom. The summed E-state index contributed by atoms with van der Waals surface area (Å²) in [4.78, 5) is 18.2. The molecule has 0 aromatic carbocycles. The molecule has 1 fully saturated rings. The van der Waals surface area contributed by atoms with Gasteiger partial charge in [-0.25, -0.2) is 4.98 Å². The molecule has 106 valence electrons. The molecule has 6 nitrogen and oxygen atoms in total. The molecule has 0 bridgehead atoms. The van der Waals surface area contributed by atoms with Crippen LogP contribution in [0.3, 0.4) is 0 Å². The number of amides is 1. The summed E-state index contributed by atoms with van der Waals surface area (Å²) < 4.78 is 5.34. The maximum atomic E-state index is 12.4. The fraction of sp³-hybridized carbons (Fsp3) is 0.500. The Labute approximate surface area is 118 Å². The third kappa shape index (κ3) is 2.95. The zero-order valence-corrected chi connectivity index (χ0v) is 11.5. The summed E-state index contributed by atoms with van der Waals surface area (Å²) in [5, 5.41) is 8.74. The van der Waals surface area contributed by atoms with Gasteiger partial charge in [-0.2, -0.15) is 5.26 Å². The lowest BCUT2D eigenvalue weighted by Gasteiger charge is -2.38. The van der Waals surface area contributed by atoms with Gasteiger partial charge in [0, 0.05) is 32.4 Å². The van der Waals surface area contributed by atoms with Crippen molar-refractivity contribution in [3.8, 4) is 6.07 Å². The first-order valence-corrected chi connectivity index (χ1v) is 6.59. The van der Waals surface area contributed by atoms with Crippen LogP contribution in [0.4, 0.5) is 0 Å². The van der Waals surface area contributed by atoms with Crippen LogP contribution < -0.4 is 5.73 Å². The van der Waals surface area contributed by atoms with Gasteiger partial charge in [0.15, 0.2) is 0 Å². The molecule has 1 aliphatic rings. The lowest BCUT2D eigenvalue weighted by atomic mass is 9.98. The molecule has 0 saturated carbocycles. The number of likely N-dealkylation sites (tertiary alicyclic amines) is 1. The minimum absolute atomic E-state index is 0.0290. The van der Waals surface area contributed by atoms with Gasteiger partial charge in [0.25, 0.3) is 5.91 Å². The van der Waals surface area contributed by atoms with Gasteiger partial charge in [-0.1, -0.05) is 0 Å². The van der Waals surface area contributed by atoms with Crippen LogP contribution in [0, 0.1) is 11.3 Å². The number of nitrogens with zero attached hydrogens (tertiary/aromatic N) is 3. The molecule has 2 unspecified atom stereocenters. The van der Waals surface area contributed by atoms with E-state index in [0.717, 1.165) is 12.8 Å². The normalized spacial score (nSPS) is 22.4. The number of carbonyl (C=O) groups is 1. The molecule has 1 aromatic heterocycles. The third-order valence-electron chi connectivity index (χ3n) is 3.65. The molecule has 6 heteroatoms. The molecular formula is C14H18N4O2. The second-order valence-corrected chi connectivity index (χ2v) is 4.81. The van der Waals surface area contributed by atoms with E-state index in [9.17, 15) is 4.79 Å². The topological polar surface area (TPSA) is 92.2 Å². The average molecular weight is 274 g/mol. The predicted molar refractivity (Wildman–Crippen MR) is 72.9 cm³/mol. The number of nitriles is 1. The van der Waals surface area contributed by atoms with Crippen LogP contribution in [0.1, 0.15) is 28.9 Å². The molecule has 1 aliphatic heterocycles. The Hall–Kier alpha value is -1.97. The number of carbonyl (C=O) groups excluding carboxylic acids is 1. The van der Waals surface area contributed by atoms with Crippen molar-refractivity contribution in [2.45, 2.75) is 25.0 Å². The molecule has 2 atom stereocenters. The monoisotopic (exact) mass is 274 g/mol. The SMILES string of the molecule is COC1CCN(C(=O)c2ccc(C#N)cn2)C(CN)C1. The van der Waals surface area contributed by atoms with Crippen molar-refractivity contribution in [1.82, 2.24) is 9.88 Å². The number of nitrogens with two attached hydrogens (primary N) is 1. The first kappa shape index (κ1) is 14.4. The van der Waals surface area contributed by atoms with Gasteiger partial charge in [0.1, 0.15) is 11.8 Å². The largest absolute Gasteiger partial charge is 0.381 e. The zero-order chi connectivity index (χ0) is 14.5. The van der Waals surface area contributed by atoms with Gasteiger partial charge in [-0.3, -0.25) is 4.79 Å². The standard InChI is InChI=1S/C14H18N4O2/c1-20-12-4-5-18(11(6-12)8-16)14(19)13-3-2-10(7-15)9-17-13/h2-3,9,11-12H,4-6,8,16H2,1H3. The van der Waals surface area contributed by atoms with E-state index >= 15 is 0 Å². The van der Waals surface area contributed by atoms with Crippen molar-refractivity contribution in [3.63, 3.8) is 0 Å². The Morgan fingerprint density at radius 3 is 3.00 bits per heavy atom. The van der Waals surface area contributed by atoms with Gasteiger partial charge in [-0.15, -0.1) is 0 Å². The summed E-state index contributed by atoms with van der Waals surface area (Å²) in [6.07, 6.45) is 3.11. The lowest BCUT2D eigenvalue weighted by molar-refractivity contribution is 0.0136.